The van der Waals surface area contributed by atoms with Gasteiger partial charge in [-0.2, -0.15) is 13.2 Å². The molecule has 0 aliphatic heterocycles. The number of benzene rings is 1. The molecule has 0 radical (unpaired) electrons. The Hall–Kier alpha value is -1.17. The molecule has 0 aliphatic carbocycles. The second-order valence-electron chi connectivity index (χ2n) is 2.57. The maximum atomic E-state index is 12.8. The number of rotatable bonds is 1. The molecule has 0 N–H and O–H groups in total. The van der Waals surface area contributed by atoms with Gasteiger partial charge in [0.2, 0.25) is 0 Å². The van der Waals surface area contributed by atoms with E-state index >= 15 is 0 Å². The molecule has 1 aromatic carbocycles. The predicted octanol–water partition coefficient (Wildman–Crippen LogP) is 3.36. The fourth-order valence-electron chi connectivity index (χ4n) is 0.849. The quantitative estimate of drug-likeness (QED) is 0.421. The van der Waals surface area contributed by atoms with E-state index in [2.05, 4.69) is 0 Å². The SMILES string of the molecule is O=C(c1cc(F)c(Cl)cc1F)C(F)(F)F. The van der Waals surface area contributed by atoms with E-state index in [1.807, 2.05) is 0 Å². The molecule has 0 aromatic heterocycles. The first kappa shape index (κ1) is 11.9. The standard InChI is InChI=1S/C8H2ClF5O/c9-4-2-5(10)3(1-6(4)11)7(15)8(12,13)14/h1-2H. The Morgan fingerprint density at radius 2 is 1.67 bits per heavy atom. The first-order valence-corrected chi connectivity index (χ1v) is 3.87. The summed E-state index contributed by atoms with van der Waals surface area (Å²) in [5.74, 6) is -5.25. The number of halogens is 6. The van der Waals surface area contributed by atoms with Gasteiger partial charge in [0.15, 0.2) is 0 Å². The number of hydrogen-bond donors (Lipinski definition) is 0. The molecule has 0 unspecified atom stereocenters. The summed E-state index contributed by atoms with van der Waals surface area (Å²) in [6, 6.07) is 0.434. The smallest absolute Gasteiger partial charge is 0.284 e. The Bertz CT molecular complexity index is 412. The lowest BCUT2D eigenvalue weighted by atomic mass is 10.1. The predicted molar refractivity (Wildman–Crippen MR) is 41.8 cm³/mol. The highest BCUT2D eigenvalue weighted by atomic mass is 35.5. The first-order chi connectivity index (χ1) is 6.73. The van der Waals surface area contributed by atoms with E-state index in [1.54, 1.807) is 0 Å². The van der Waals surface area contributed by atoms with Gasteiger partial charge < -0.3 is 0 Å². The molecule has 0 atom stereocenters. The largest absolute Gasteiger partial charge is 0.454 e. The van der Waals surface area contributed by atoms with Gasteiger partial charge >= 0.3 is 6.18 Å². The number of alkyl halides is 3. The Balaban J connectivity index is 3.28. The topological polar surface area (TPSA) is 17.1 Å². The molecule has 82 valence electrons. The third-order valence-electron chi connectivity index (χ3n) is 1.51. The summed E-state index contributed by atoms with van der Waals surface area (Å²) in [5, 5.41) is -0.689. The highest BCUT2D eigenvalue weighted by molar-refractivity contribution is 6.30. The van der Waals surface area contributed by atoms with E-state index < -0.39 is 34.2 Å². The fraction of sp³-hybridized carbons (Fsp3) is 0.125. The maximum absolute atomic E-state index is 12.8. The summed E-state index contributed by atoms with van der Waals surface area (Å²) in [6.07, 6.45) is -5.25. The van der Waals surface area contributed by atoms with Crippen molar-refractivity contribution in [3.05, 3.63) is 34.4 Å². The minimum atomic E-state index is -5.25. The Labute approximate surface area is 85.5 Å². The normalized spacial score (nSPS) is 11.6. The highest BCUT2D eigenvalue weighted by Gasteiger charge is 2.41. The van der Waals surface area contributed by atoms with Crippen LogP contribution >= 0.6 is 11.6 Å². The molecule has 0 saturated heterocycles. The average Bonchev–Trinajstić information content (AvgIpc) is 2.08. The third kappa shape index (κ3) is 2.44. The van der Waals surface area contributed by atoms with E-state index in [4.69, 9.17) is 11.6 Å². The van der Waals surface area contributed by atoms with E-state index in [0.717, 1.165) is 0 Å². The van der Waals surface area contributed by atoms with Gasteiger partial charge in [-0.3, -0.25) is 4.79 Å². The number of Topliss-reactive ketones (excluding diaryl/α,β-unsaturated/α-hetero) is 1. The van der Waals surface area contributed by atoms with E-state index in [-0.39, 0.29) is 6.07 Å². The molecule has 0 aliphatic rings. The van der Waals surface area contributed by atoms with E-state index in [0.29, 0.717) is 6.07 Å². The van der Waals surface area contributed by atoms with Crippen molar-refractivity contribution in [3.63, 3.8) is 0 Å². The minimum Gasteiger partial charge on any atom is -0.284 e. The van der Waals surface area contributed by atoms with Crippen molar-refractivity contribution in [2.24, 2.45) is 0 Å². The molecule has 0 bridgehead atoms. The van der Waals surface area contributed by atoms with Crippen LogP contribution in [-0.4, -0.2) is 12.0 Å². The first-order valence-electron chi connectivity index (χ1n) is 3.49. The molecule has 0 amide bonds. The summed E-state index contributed by atoms with van der Waals surface area (Å²) in [7, 11) is 0. The van der Waals surface area contributed by atoms with Crippen molar-refractivity contribution in [1.29, 1.82) is 0 Å². The zero-order valence-corrected chi connectivity index (χ0v) is 7.59. The molecule has 0 heterocycles. The number of carbonyl (C=O) groups is 1. The Kier molecular flexibility index (Phi) is 2.99. The second-order valence-corrected chi connectivity index (χ2v) is 2.98. The highest BCUT2D eigenvalue weighted by Crippen LogP contribution is 2.26. The third-order valence-corrected chi connectivity index (χ3v) is 1.80. The molecular weight excluding hydrogens is 243 g/mol. The molecule has 1 aromatic rings. The molecule has 1 nitrogen and oxygen atoms in total. The summed E-state index contributed by atoms with van der Waals surface area (Å²) < 4.78 is 61.2. The van der Waals surface area contributed by atoms with Gasteiger partial charge in [0.05, 0.1) is 10.6 Å². The molecule has 0 spiro atoms. The zero-order valence-electron chi connectivity index (χ0n) is 6.83. The van der Waals surface area contributed by atoms with Crippen LogP contribution in [-0.2, 0) is 0 Å². The van der Waals surface area contributed by atoms with Crippen LogP contribution < -0.4 is 0 Å². The van der Waals surface area contributed by atoms with Crippen LogP contribution in [0.4, 0.5) is 22.0 Å². The van der Waals surface area contributed by atoms with Crippen molar-refractivity contribution in [2.75, 3.05) is 0 Å². The molecule has 7 heteroatoms. The summed E-state index contributed by atoms with van der Waals surface area (Å²) in [5.41, 5.74) is -1.38. The van der Waals surface area contributed by atoms with E-state index in [9.17, 15) is 26.7 Å². The number of ketones is 1. The van der Waals surface area contributed by atoms with Crippen molar-refractivity contribution < 1.29 is 26.7 Å². The minimum absolute atomic E-state index is 0.119. The number of hydrogen-bond acceptors (Lipinski definition) is 1. The van der Waals surface area contributed by atoms with E-state index in [1.165, 1.54) is 0 Å². The second kappa shape index (κ2) is 3.77. The van der Waals surface area contributed by atoms with Gasteiger partial charge in [-0.05, 0) is 12.1 Å². The maximum Gasteiger partial charge on any atom is 0.454 e. The molecular formula is C8H2ClF5O. The van der Waals surface area contributed by atoms with Crippen LogP contribution in [0.3, 0.4) is 0 Å². The lowest BCUT2D eigenvalue weighted by molar-refractivity contribution is -0.0887. The van der Waals surface area contributed by atoms with Crippen LogP contribution in [0, 0.1) is 11.6 Å². The van der Waals surface area contributed by atoms with Crippen molar-refractivity contribution in [3.8, 4) is 0 Å². The van der Waals surface area contributed by atoms with Crippen LogP contribution in [0.1, 0.15) is 10.4 Å². The van der Waals surface area contributed by atoms with Crippen LogP contribution in [0.25, 0.3) is 0 Å². The molecule has 0 saturated carbocycles. The van der Waals surface area contributed by atoms with Gasteiger partial charge in [-0.25, -0.2) is 8.78 Å². The summed E-state index contributed by atoms with van der Waals surface area (Å²) >= 11 is 5.10. The Morgan fingerprint density at radius 1 is 1.13 bits per heavy atom. The lowest BCUT2D eigenvalue weighted by Crippen LogP contribution is -2.24. The van der Waals surface area contributed by atoms with Crippen LogP contribution in [0.2, 0.25) is 5.02 Å². The summed E-state index contributed by atoms with van der Waals surface area (Å²) in [4.78, 5) is 10.6. The fourth-order valence-corrected chi connectivity index (χ4v) is 1.000. The lowest BCUT2D eigenvalue weighted by Gasteiger charge is -2.06. The van der Waals surface area contributed by atoms with Gasteiger partial charge in [0.25, 0.3) is 5.78 Å². The van der Waals surface area contributed by atoms with Gasteiger partial charge in [0.1, 0.15) is 11.6 Å². The van der Waals surface area contributed by atoms with Crippen LogP contribution in [0.5, 0.6) is 0 Å². The molecule has 0 fully saturated rings. The average molecular weight is 245 g/mol. The van der Waals surface area contributed by atoms with Crippen molar-refractivity contribution >= 4 is 17.4 Å². The van der Waals surface area contributed by atoms with Crippen molar-refractivity contribution in [2.45, 2.75) is 6.18 Å². The zero-order chi connectivity index (χ0) is 11.8. The monoisotopic (exact) mass is 244 g/mol. The van der Waals surface area contributed by atoms with Crippen LogP contribution in [0.15, 0.2) is 12.1 Å². The Morgan fingerprint density at radius 3 is 2.13 bits per heavy atom. The van der Waals surface area contributed by atoms with Gasteiger partial charge in [0, 0.05) is 0 Å². The number of carbonyl (C=O) groups excluding carboxylic acids is 1. The summed E-state index contributed by atoms with van der Waals surface area (Å²) in [6.45, 7) is 0. The van der Waals surface area contributed by atoms with Gasteiger partial charge in [-0.15, -0.1) is 0 Å². The molecule has 1 rings (SSSR count). The van der Waals surface area contributed by atoms with Gasteiger partial charge in [-0.1, -0.05) is 11.6 Å². The molecule has 15 heavy (non-hydrogen) atoms. The van der Waals surface area contributed by atoms with Crippen molar-refractivity contribution in [1.82, 2.24) is 0 Å².